The van der Waals surface area contributed by atoms with Gasteiger partial charge >= 0.3 is 5.97 Å². The van der Waals surface area contributed by atoms with Crippen molar-refractivity contribution in [2.24, 2.45) is 0 Å². The first-order valence-electron chi connectivity index (χ1n) is 5.63. The van der Waals surface area contributed by atoms with E-state index in [4.69, 9.17) is 5.11 Å². The second-order valence-corrected chi connectivity index (χ2v) is 4.32. The Hall–Kier alpha value is -1.77. The number of aromatic amines is 1. The largest absolute Gasteiger partial charge is 0.478 e. The van der Waals surface area contributed by atoms with Crippen LogP contribution >= 0.6 is 0 Å². The first-order valence-corrected chi connectivity index (χ1v) is 5.63. The Morgan fingerprint density at radius 1 is 1.25 bits per heavy atom. The summed E-state index contributed by atoms with van der Waals surface area (Å²) in [6.45, 7) is 0. The molecule has 0 saturated heterocycles. The van der Waals surface area contributed by atoms with Crippen LogP contribution in [-0.4, -0.2) is 16.1 Å². The summed E-state index contributed by atoms with van der Waals surface area (Å²) in [6, 6.07) is 5.50. The molecule has 0 bridgehead atoms. The number of nitrogens with one attached hydrogen (secondary N) is 1. The van der Waals surface area contributed by atoms with Crippen LogP contribution in [0.1, 0.15) is 34.5 Å². The van der Waals surface area contributed by atoms with Crippen molar-refractivity contribution in [3.8, 4) is 0 Å². The number of para-hydroxylation sites is 1. The highest BCUT2D eigenvalue weighted by molar-refractivity contribution is 6.03. The lowest BCUT2D eigenvalue weighted by atomic mass is 9.95. The molecular formula is C13H13NO2. The molecule has 0 saturated carbocycles. The highest BCUT2D eigenvalue weighted by Crippen LogP contribution is 2.30. The Kier molecular flexibility index (Phi) is 1.99. The van der Waals surface area contributed by atoms with Crippen molar-refractivity contribution in [3.05, 3.63) is 35.0 Å². The van der Waals surface area contributed by atoms with Gasteiger partial charge in [-0.2, -0.15) is 0 Å². The Balaban J connectivity index is 2.33. The van der Waals surface area contributed by atoms with Crippen LogP contribution in [-0.2, 0) is 12.8 Å². The predicted molar refractivity (Wildman–Crippen MR) is 61.9 cm³/mol. The van der Waals surface area contributed by atoms with E-state index in [0.717, 1.165) is 23.7 Å². The van der Waals surface area contributed by atoms with Gasteiger partial charge in [-0.25, -0.2) is 4.79 Å². The van der Waals surface area contributed by atoms with E-state index in [1.807, 2.05) is 12.1 Å². The molecule has 1 aromatic carbocycles. The van der Waals surface area contributed by atoms with Gasteiger partial charge in [0.25, 0.3) is 0 Å². The molecule has 0 unspecified atom stereocenters. The van der Waals surface area contributed by atoms with Crippen LogP contribution in [0, 0.1) is 0 Å². The molecular weight excluding hydrogens is 202 g/mol. The van der Waals surface area contributed by atoms with Gasteiger partial charge < -0.3 is 10.1 Å². The van der Waals surface area contributed by atoms with Crippen molar-refractivity contribution >= 4 is 16.9 Å². The number of aromatic carboxylic acids is 1. The Labute approximate surface area is 93.1 Å². The average molecular weight is 215 g/mol. The molecule has 2 aromatic rings. The lowest BCUT2D eigenvalue weighted by molar-refractivity contribution is 0.0699. The molecule has 2 N–H and O–H groups in total. The molecule has 82 valence electrons. The van der Waals surface area contributed by atoms with Crippen molar-refractivity contribution < 1.29 is 9.90 Å². The van der Waals surface area contributed by atoms with Gasteiger partial charge in [0.1, 0.15) is 0 Å². The summed E-state index contributed by atoms with van der Waals surface area (Å²) >= 11 is 0. The maximum atomic E-state index is 11.1. The number of hydrogen-bond acceptors (Lipinski definition) is 1. The quantitative estimate of drug-likeness (QED) is 0.768. The van der Waals surface area contributed by atoms with Crippen molar-refractivity contribution in [1.82, 2.24) is 4.98 Å². The minimum atomic E-state index is -0.857. The summed E-state index contributed by atoms with van der Waals surface area (Å²) < 4.78 is 0. The number of fused-ring (bicyclic) bond motifs is 3. The standard InChI is InChI=1S/C13H13NO2/c15-13(16)10-6-3-5-9-8-4-1-2-7-11(8)14-12(9)10/h3,5-6,14H,1-2,4,7H2,(H,15,16). The van der Waals surface area contributed by atoms with E-state index >= 15 is 0 Å². The SMILES string of the molecule is O=C(O)c1cccc2c3c([nH]c12)CCCC3. The summed E-state index contributed by atoms with van der Waals surface area (Å²) in [4.78, 5) is 14.4. The summed E-state index contributed by atoms with van der Waals surface area (Å²) in [5.74, 6) is -0.857. The molecule has 0 amide bonds. The fraction of sp³-hybridized carbons (Fsp3) is 0.308. The number of H-pyrrole nitrogens is 1. The zero-order valence-electron chi connectivity index (χ0n) is 8.92. The van der Waals surface area contributed by atoms with Crippen molar-refractivity contribution in [2.45, 2.75) is 25.7 Å². The van der Waals surface area contributed by atoms with Crippen LogP contribution in [0.5, 0.6) is 0 Å². The smallest absolute Gasteiger partial charge is 0.337 e. The van der Waals surface area contributed by atoms with E-state index in [9.17, 15) is 4.79 Å². The number of carbonyl (C=O) groups is 1. The molecule has 16 heavy (non-hydrogen) atoms. The monoisotopic (exact) mass is 215 g/mol. The first kappa shape index (κ1) is 9.46. The molecule has 0 spiro atoms. The molecule has 0 fully saturated rings. The van der Waals surface area contributed by atoms with Crippen LogP contribution < -0.4 is 0 Å². The summed E-state index contributed by atoms with van der Waals surface area (Å²) in [6.07, 6.45) is 4.51. The molecule has 1 aliphatic carbocycles. The van der Waals surface area contributed by atoms with Crippen molar-refractivity contribution in [3.63, 3.8) is 0 Å². The van der Waals surface area contributed by atoms with Gasteiger partial charge in [0, 0.05) is 11.1 Å². The third-order valence-corrected chi connectivity index (χ3v) is 3.36. The molecule has 1 heterocycles. The lowest BCUT2D eigenvalue weighted by Crippen LogP contribution is -1.99. The molecule has 3 heteroatoms. The fourth-order valence-corrected chi connectivity index (χ4v) is 2.61. The van der Waals surface area contributed by atoms with Crippen LogP contribution in [0.3, 0.4) is 0 Å². The van der Waals surface area contributed by atoms with E-state index in [0.29, 0.717) is 5.56 Å². The predicted octanol–water partition coefficient (Wildman–Crippen LogP) is 2.74. The maximum absolute atomic E-state index is 11.1. The number of carboxylic acids is 1. The van der Waals surface area contributed by atoms with Gasteiger partial charge in [0.15, 0.2) is 0 Å². The normalized spacial score (nSPS) is 15.0. The molecule has 0 radical (unpaired) electrons. The lowest BCUT2D eigenvalue weighted by Gasteiger charge is -2.10. The van der Waals surface area contributed by atoms with Gasteiger partial charge in [-0.05, 0) is 37.3 Å². The van der Waals surface area contributed by atoms with E-state index in [1.54, 1.807) is 6.07 Å². The minimum Gasteiger partial charge on any atom is -0.478 e. The van der Waals surface area contributed by atoms with Gasteiger partial charge in [-0.15, -0.1) is 0 Å². The number of carboxylic acid groups (broad SMARTS) is 1. The molecule has 3 nitrogen and oxygen atoms in total. The number of rotatable bonds is 1. The maximum Gasteiger partial charge on any atom is 0.337 e. The van der Waals surface area contributed by atoms with Crippen LogP contribution in [0.2, 0.25) is 0 Å². The summed E-state index contributed by atoms with van der Waals surface area (Å²) in [5, 5.41) is 10.2. The number of aromatic nitrogens is 1. The Bertz CT molecular complexity index is 569. The topological polar surface area (TPSA) is 53.1 Å². The second-order valence-electron chi connectivity index (χ2n) is 4.32. The number of aryl methyl sites for hydroxylation is 2. The third kappa shape index (κ3) is 1.24. The van der Waals surface area contributed by atoms with Crippen LogP contribution in [0.15, 0.2) is 18.2 Å². The highest BCUT2D eigenvalue weighted by atomic mass is 16.4. The average Bonchev–Trinajstić information content (AvgIpc) is 2.67. The zero-order valence-corrected chi connectivity index (χ0v) is 8.92. The highest BCUT2D eigenvalue weighted by Gasteiger charge is 2.18. The van der Waals surface area contributed by atoms with E-state index in [2.05, 4.69) is 4.98 Å². The van der Waals surface area contributed by atoms with E-state index in [-0.39, 0.29) is 0 Å². The summed E-state index contributed by atoms with van der Waals surface area (Å²) in [5.41, 5.74) is 3.73. The second kappa shape index (κ2) is 3.37. The van der Waals surface area contributed by atoms with E-state index in [1.165, 1.54) is 24.1 Å². The molecule has 0 aliphatic heterocycles. The molecule has 0 atom stereocenters. The van der Waals surface area contributed by atoms with Gasteiger partial charge in [0.05, 0.1) is 11.1 Å². The number of benzene rings is 1. The van der Waals surface area contributed by atoms with Gasteiger partial charge in [-0.3, -0.25) is 0 Å². The number of hydrogen-bond donors (Lipinski definition) is 2. The fourth-order valence-electron chi connectivity index (χ4n) is 2.61. The van der Waals surface area contributed by atoms with Crippen LogP contribution in [0.4, 0.5) is 0 Å². The van der Waals surface area contributed by atoms with Gasteiger partial charge in [0.2, 0.25) is 0 Å². The minimum absolute atomic E-state index is 0.381. The first-order chi connectivity index (χ1) is 7.77. The third-order valence-electron chi connectivity index (χ3n) is 3.36. The zero-order chi connectivity index (χ0) is 11.1. The van der Waals surface area contributed by atoms with Crippen LogP contribution in [0.25, 0.3) is 10.9 Å². The molecule has 1 aliphatic rings. The Morgan fingerprint density at radius 3 is 2.88 bits per heavy atom. The van der Waals surface area contributed by atoms with Crippen molar-refractivity contribution in [2.75, 3.05) is 0 Å². The van der Waals surface area contributed by atoms with Gasteiger partial charge in [-0.1, -0.05) is 12.1 Å². The molecule has 3 rings (SSSR count). The van der Waals surface area contributed by atoms with E-state index < -0.39 is 5.97 Å². The Morgan fingerprint density at radius 2 is 2.06 bits per heavy atom. The molecule has 1 aromatic heterocycles. The summed E-state index contributed by atoms with van der Waals surface area (Å²) in [7, 11) is 0. The van der Waals surface area contributed by atoms with Crippen molar-refractivity contribution in [1.29, 1.82) is 0 Å².